The number of likely N-dealkylation sites (tertiary alicyclic amines) is 1. The summed E-state index contributed by atoms with van der Waals surface area (Å²) in [6.45, 7) is 14.9. The molecule has 6 aromatic rings. The van der Waals surface area contributed by atoms with Crippen LogP contribution >= 0.6 is 11.3 Å². The molecule has 0 saturated carbocycles. The number of β-amino-alcohol motifs (C(OH)–C–C–N with tert-alkyl or cyclic N) is 1. The summed E-state index contributed by atoms with van der Waals surface area (Å²) in [5.74, 6) is 0.123. The van der Waals surface area contributed by atoms with Gasteiger partial charge in [-0.25, -0.2) is 19.5 Å². The topological polar surface area (TPSA) is 236 Å². The Morgan fingerprint density at radius 1 is 0.889 bits per heavy atom. The fourth-order valence-corrected chi connectivity index (χ4v) is 9.34. The maximum Gasteiger partial charge on any atom is 0.262 e. The minimum absolute atomic E-state index is 0.0184. The van der Waals surface area contributed by atoms with Crippen LogP contribution in [0.5, 0.6) is 0 Å². The molecule has 3 atom stereocenters. The lowest BCUT2D eigenvalue weighted by atomic mass is 9.85. The van der Waals surface area contributed by atoms with E-state index in [1.165, 1.54) is 11.1 Å². The molecule has 382 valence electrons. The summed E-state index contributed by atoms with van der Waals surface area (Å²) in [6.07, 6.45) is 5.83. The van der Waals surface area contributed by atoms with E-state index in [1.807, 2.05) is 82.6 Å². The van der Waals surface area contributed by atoms with Gasteiger partial charge in [-0.15, -0.1) is 16.4 Å². The van der Waals surface area contributed by atoms with E-state index < -0.39 is 35.4 Å². The lowest BCUT2D eigenvalue weighted by molar-refractivity contribution is -0.144. The van der Waals surface area contributed by atoms with Crippen LogP contribution in [0.25, 0.3) is 21.9 Å². The molecule has 72 heavy (non-hydrogen) atoms. The molecule has 5 aromatic heterocycles. The van der Waals surface area contributed by atoms with E-state index in [9.17, 15) is 24.3 Å². The highest BCUT2D eigenvalue weighted by molar-refractivity contribution is 7.13. The Labute approximate surface area is 421 Å². The van der Waals surface area contributed by atoms with Gasteiger partial charge in [0.15, 0.2) is 17.3 Å². The second-order valence-corrected chi connectivity index (χ2v) is 19.8. The number of ether oxygens (including phenoxy) is 3. The van der Waals surface area contributed by atoms with Gasteiger partial charge in [-0.05, 0) is 48.1 Å². The number of pyridine rings is 1. The van der Waals surface area contributed by atoms with Gasteiger partial charge in [0.1, 0.15) is 30.1 Å². The second kappa shape index (κ2) is 23.7. The van der Waals surface area contributed by atoms with Crippen molar-refractivity contribution in [2.45, 2.75) is 65.8 Å². The molecule has 2 saturated heterocycles. The number of aliphatic hydroxyl groups is 1. The van der Waals surface area contributed by atoms with Gasteiger partial charge in [0, 0.05) is 76.9 Å². The quantitative estimate of drug-likeness (QED) is 0.0758. The lowest BCUT2D eigenvalue weighted by Gasteiger charge is -2.35. The Balaban J connectivity index is 0.709. The van der Waals surface area contributed by atoms with E-state index in [0.717, 1.165) is 65.8 Å². The highest BCUT2D eigenvalue weighted by atomic mass is 32.1. The molecule has 4 N–H and O–H groups in total. The molecular weight excluding hydrogens is 943 g/mol. The van der Waals surface area contributed by atoms with E-state index in [4.69, 9.17) is 19.3 Å². The summed E-state index contributed by atoms with van der Waals surface area (Å²) in [5, 5.41) is 28.4. The Morgan fingerprint density at radius 2 is 1.64 bits per heavy atom. The van der Waals surface area contributed by atoms with Gasteiger partial charge in [0.2, 0.25) is 17.7 Å². The van der Waals surface area contributed by atoms with Crippen LogP contribution in [0, 0.1) is 19.3 Å². The van der Waals surface area contributed by atoms with Crippen molar-refractivity contribution in [3.63, 3.8) is 0 Å². The van der Waals surface area contributed by atoms with Gasteiger partial charge in [0.25, 0.3) is 5.91 Å². The zero-order chi connectivity index (χ0) is 50.8. The highest BCUT2D eigenvalue weighted by Gasteiger charge is 2.44. The predicted octanol–water partition coefficient (Wildman–Crippen LogP) is 3.28. The first-order chi connectivity index (χ1) is 34.7. The maximum absolute atomic E-state index is 14.0. The molecule has 0 spiro atoms. The number of rotatable bonds is 21. The lowest BCUT2D eigenvalue weighted by Crippen LogP contribution is -2.58. The van der Waals surface area contributed by atoms with Crippen LogP contribution in [-0.2, 0) is 35.1 Å². The first-order valence-corrected chi connectivity index (χ1v) is 25.0. The summed E-state index contributed by atoms with van der Waals surface area (Å²) < 4.78 is 20.3. The first-order valence-electron chi connectivity index (χ1n) is 24.1. The summed E-state index contributed by atoms with van der Waals surface area (Å²) in [6, 6.07) is 13.4. The van der Waals surface area contributed by atoms with Gasteiger partial charge < -0.3 is 45.1 Å². The first kappa shape index (κ1) is 51.7. The fraction of sp³-hybridized carbons (Fsp3) is 0.460. The summed E-state index contributed by atoms with van der Waals surface area (Å²) in [5.41, 5.74) is 5.81. The highest BCUT2D eigenvalue weighted by Crippen LogP contribution is 2.29. The number of aryl methyl sites for hydroxylation is 2. The van der Waals surface area contributed by atoms with Crippen molar-refractivity contribution < 1.29 is 38.5 Å². The van der Waals surface area contributed by atoms with Crippen LogP contribution in [0.3, 0.4) is 0 Å². The average Bonchev–Trinajstić information content (AvgIpc) is 4.19. The number of fused-ring (bicyclic) bond motifs is 1. The number of benzene rings is 1. The molecule has 0 aliphatic carbocycles. The number of anilines is 2. The van der Waals surface area contributed by atoms with E-state index in [2.05, 4.69) is 45.8 Å². The number of piperazine rings is 1. The van der Waals surface area contributed by atoms with Crippen molar-refractivity contribution in [3.05, 3.63) is 101 Å². The third-order valence-corrected chi connectivity index (χ3v) is 13.5. The summed E-state index contributed by atoms with van der Waals surface area (Å²) in [7, 11) is 0. The zero-order valence-electron chi connectivity index (χ0n) is 41.3. The van der Waals surface area contributed by atoms with Crippen LogP contribution in [0.1, 0.15) is 54.4 Å². The van der Waals surface area contributed by atoms with Crippen LogP contribution in [0.4, 0.5) is 11.6 Å². The standard InChI is InChI=1S/C50H63N13O8S/c1-33-7-12-40(52-27-33)63-41(56-47(66)38-29-55-62-14-6-13-51-46(38)62)26-42(58-63)60-17-15-59(16-18-60)19-20-69-21-22-70-23-24-71-31-43(65)57-45(50(3,4)5)49(68)61-30-37(64)25-39(61)48(67)53-28-35-8-10-36(11-9-35)44-34(2)54-32-72-44/h6-14,26-27,29,32,37,39,45,64H,15-25,28,30-31H2,1-5H3,(H,53,67)(H,56,66)(H,57,65)/t37-,39+,45-/m1/s1. The molecule has 2 aliphatic heterocycles. The minimum atomic E-state index is -0.968. The van der Waals surface area contributed by atoms with Crippen LogP contribution in [-0.4, -0.2) is 170 Å². The monoisotopic (exact) mass is 1010 g/mol. The molecule has 2 fully saturated rings. The summed E-state index contributed by atoms with van der Waals surface area (Å²) in [4.78, 5) is 74.1. The number of nitrogens with zero attached hydrogens (tertiary/aromatic N) is 10. The molecule has 22 heteroatoms. The molecule has 1 aromatic carbocycles. The van der Waals surface area contributed by atoms with Gasteiger partial charge in [-0.3, -0.25) is 24.1 Å². The number of hydrogen-bond acceptors (Lipinski definition) is 16. The van der Waals surface area contributed by atoms with Gasteiger partial charge in [0.05, 0.1) is 61.4 Å². The van der Waals surface area contributed by atoms with Gasteiger partial charge in [-0.1, -0.05) is 51.1 Å². The van der Waals surface area contributed by atoms with Crippen LogP contribution in [0.2, 0.25) is 0 Å². The molecule has 0 radical (unpaired) electrons. The number of aliphatic hydroxyl groups excluding tert-OH is 1. The number of nitrogens with one attached hydrogen (secondary N) is 3. The SMILES string of the molecule is Cc1ccc(-n2nc(N3CCN(CCOCCOCCOCC(=O)N[C@H](C(=O)N4C[C@H](O)C[C@H]4C(=O)NCc4ccc(-c5scnc5C)cc4)C(C)(C)C)CC3)cc2NC(=O)c2cnn3cccnc23)nc1. The number of aromatic nitrogens is 7. The largest absolute Gasteiger partial charge is 0.391 e. The Bertz CT molecular complexity index is 2780. The normalized spacial score (nSPS) is 16.8. The van der Waals surface area contributed by atoms with Crippen molar-refractivity contribution in [1.29, 1.82) is 0 Å². The third kappa shape index (κ3) is 13.0. The molecule has 0 bridgehead atoms. The number of carbonyl (C=O) groups is 4. The van der Waals surface area contributed by atoms with E-state index in [1.54, 1.807) is 45.2 Å². The van der Waals surface area contributed by atoms with Crippen LogP contribution < -0.4 is 20.9 Å². The van der Waals surface area contributed by atoms with Crippen LogP contribution in [0.15, 0.2) is 78.8 Å². The fourth-order valence-electron chi connectivity index (χ4n) is 8.53. The smallest absolute Gasteiger partial charge is 0.262 e. The Kier molecular flexibility index (Phi) is 17.0. The number of amides is 4. The number of hydrogen-bond donors (Lipinski definition) is 4. The molecule has 21 nitrogen and oxygen atoms in total. The Morgan fingerprint density at radius 3 is 2.35 bits per heavy atom. The number of carbonyl (C=O) groups excluding carboxylic acids is 4. The average molecular weight is 1010 g/mol. The second-order valence-electron chi connectivity index (χ2n) is 18.9. The predicted molar refractivity (Wildman–Crippen MR) is 270 cm³/mol. The Hall–Kier alpha value is -6.69. The van der Waals surface area contributed by atoms with Crippen molar-refractivity contribution in [2.75, 3.05) is 89.1 Å². The van der Waals surface area contributed by atoms with E-state index in [0.29, 0.717) is 42.7 Å². The minimum Gasteiger partial charge on any atom is -0.391 e. The molecule has 7 heterocycles. The third-order valence-electron chi connectivity index (χ3n) is 12.5. The summed E-state index contributed by atoms with van der Waals surface area (Å²) >= 11 is 1.57. The van der Waals surface area contributed by atoms with Crippen molar-refractivity contribution >= 4 is 52.2 Å². The number of thiazole rings is 1. The van der Waals surface area contributed by atoms with Gasteiger partial charge >= 0.3 is 0 Å². The maximum atomic E-state index is 14.0. The zero-order valence-corrected chi connectivity index (χ0v) is 42.1. The van der Waals surface area contributed by atoms with Crippen molar-refractivity contribution in [2.24, 2.45) is 5.41 Å². The van der Waals surface area contributed by atoms with Crippen molar-refractivity contribution in [1.82, 2.24) is 54.8 Å². The van der Waals surface area contributed by atoms with E-state index in [-0.39, 0.29) is 51.1 Å². The van der Waals surface area contributed by atoms with Crippen molar-refractivity contribution in [3.8, 4) is 16.3 Å². The molecular formula is C50H63N13O8S. The molecule has 2 aliphatic rings. The van der Waals surface area contributed by atoms with Gasteiger partial charge in [-0.2, -0.15) is 9.78 Å². The molecule has 8 rings (SSSR count). The molecule has 4 amide bonds. The van der Waals surface area contributed by atoms with E-state index >= 15 is 0 Å². The molecule has 0 unspecified atom stereocenters.